The van der Waals surface area contributed by atoms with Gasteiger partial charge in [0.05, 0.1) is 0 Å². The topological polar surface area (TPSA) is 34.1 Å². The van der Waals surface area contributed by atoms with Gasteiger partial charge in [-0.3, -0.25) is 0 Å². The average molecular weight is 198 g/mol. The molecule has 0 unspecified atom stereocenters. The van der Waals surface area contributed by atoms with E-state index in [2.05, 4.69) is 0 Å². The summed E-state index contributed by atoms with van der Waals surface area (Å²) in [4.78, 5) is 0. The molecule has 4 heavy (non-hydrogen) atoms. The number of hydrogen-bond acceptors (Lipinski definition) is 2. The van der Waals surface area contributed by atoms with Crippen molar-refractivity contribution in [3.05, 3.63) is 0 Å². The van der Waals surface area contributed by atoms with Gasteiger partial charge in [-0.1, -0.05) is 0 Å². The van der Waals surface area contributed by atoms with Crippen LogP contribution >= 0.6 is 0 Å². The molecule has 0 amide bonds. The molecule has 0 aliphatic rings. The van der Waals surface area contributed by atoms with E-state index in [1.54, 1.807) is 0 Å². The average Bonchev–Trinajstić information content (AvgIpc) is 0.918. The second-order valence-corrected chi connectivity index (χ2v) is 0.344. The predicted octanol–water partition coefficient (Wildman–Crippen LogP) is -1.42. The maximum atomic E-state index is 8.50. The summed E-state index contributed by atoms with van der Waals surface area (Å²) in [6, 6.07) is 0. The first-order chi connectivity index (χ1) is 1.41. The maximum absolute atomic E-state index is 8.50. The molecule has 0 aromatic heterocycles. The molecule has 0 fully saturated rings. The summed E-state index contributed by atoms with van der Waals surface area (Å²) in [5.41, 5.74) is 0. The standard InChI is InChI=1S/In.2O.Ti.3H. The molecule has 0 heterocycles. The Morgan fingerprint density at radius 2 is 1.25 bits per heavy atom. The van der Waals surface area contributed by atoms with Crippen molar-refractivity contribution in [1.29, 1.82) is 0 Å². The Balaban J connectivity index is 0. The molecule has 0 aliphatic heterocycles. The fourth-order valence-corrected chi connectivity index (χ4v) is 0. The van der Waals surface area contributed by atoms with E-state index in [0.29, 0.717) is 0 Å². The zero-order valence-electron chi connectivity index (χ0n) is 1.32. The molecule has 0 rings (SSSR count). The Kier molecular flexibility index (Phi) is 19.9. The molecular formula is H3InO2Ti. The van der Waals surface area contributed by atoms with Crippen molar-refractivity contribution in [1.82, 2.24) is 0 Å². The predicted molar refractivity (Wildman–Crippen MR) is 11.3 cm³/mol. The summed E-state index contributed by atoms with van der Waals surface area (Å²) in [5.74, 6) is 0. The SMILES string of the molecule is [InH3].[O]=[Ti]=[O]. The van der Waals surface area contributed by atoms with Crippen molar-refractivity contribution in [2.45, 2.75) is 0 Å². The van der Waals surface area contributed by atoms with Gasteiger partial charge in [0.15, 0.2) is 0 Å². The Bertz CT molecular complexity index is 27.0. The Morgan fingerprint density at radius 1 is 1.25 bits per heavy atom. The van der Waals surface area contributed by atoms with E-state index in [4.69, 9.17) is 6.65 Å². The summed E-state index contributed by atoms with van der Waals surface area (Å²) in [7, 11) is 0. The van der Waals surface area contributed by atoms with Crippen molar-refractivity contribution in [2.75, 3.05) is 0 Å². The van der Waals surface area contributed by atoms with E-state index >= 15 is 0 Å². The van der Waals surface area contributed by atoms with E-state index in [1.165, 1.54) is 0 Å². The van der Waals surface area contributed by atoms with Crippen LogP contribution in [0.5, 0.6) is 0 Å². The molecule has 0 aliphatic carbocycles. The molecule has 0 bridgehead atoms. The molecule has 0 saturated heterocycles. The van der Waals surface area contributed by atoms with Crippen LogP contribution in [0.1, 0.15) is 0 Å². The molecule has 0 aromatic carbocycles. The van der Waals surface area contributed by atoms with Crippen LogP contribution in [0.4, 0.5) is 0 Å². The fourth-order valence-electron chi connectivity index (χ4n) is 0. The summed E-state index contributed by atoms with van der Waals surface area (Å²) in [6.07, 6.45) is 0. The van der Waals surface area contributed by atoms with E-state index in [-0.39, 0.29) is 25.8 Å². The second-order valence-electron chi connectivity index (χ2n) is 0.0833. The molecule has 22 valence electrons. The molecule has 0 N–H and O–H groups in total. The van der Waals surface area contributed by atoms with Crippen LogP contribution in [0.2, 0.25) is 0 Å². The molecule has 0 radical (unpaired) electrons. The molecule has 4 heteroatoms. The van der Waals surface area contributed by atoms with Gasteiger partial charge in [0.2, 0.25) is 0 Å². The third kappa shape index (κ3) is 10.8. The van der Waals surface area contributed by atoms with Crippen molar-refractivity contribution in [2.24, 2.45) is 0 Å². The van der Waals surface area contributed by atoms with Crippen molar-refractivity contribution in [3.8, 4) is 0 Å². The summed E-state index contributed by atoms with van der Waals surface area (Å²) >= 11 is -2.00. The normalized spacial score (nSPS) is 2.00. The van der Waals surface area contributed by atoms with Gasteiger partial charge >= 0.3 is 51.6 Å². The first kappa shape index (κ1) is 8.95. The van der Waals surface area contributed by atoms with Gasteiger partial charge in [-0.15, -0.1) is 0 Å². The van der Waals surface area contributed by atoms with Gasteiger partial charge in [-0.05, 0) is 0 Å². The van der Waals surface area contributed by atoms with E-state index < -0.39 is 19.1 Å². The quantitative estimate of drug-likeness (QED) is 0.447. The third-order valence-corrected chi connectivity index (χ3v) is 0. The monoisotopic (exact) mass is 198 g/mol. The van der Waals surface area contributed by atoms with Crippen molar-refractivity contribution >= 4 is 25.8 Å². The van der Waals surface area contributed by atoms with E-state index in [1.807, 2.05) is 0 Å². The van der Waals surface area contributed by atoms with Crippen LogP contribution < -0.4 is 0 Å². The minimum atomic E-state index is -2.00. The Hall–Kier alpha value is 1.18. The number of hydrogen-bond donors (Lipinski definition) is 0. The van der Waals surface area contributed by atoms with Crippen molar-refractivity contribution < 1.29 is 25.7 Å². The van der Waals surface area contributed by atoms with Gasteiger partial charge in [-0.2, -0.15) is 0 Å². The molecule has 2 nitrogen and oxygen atoms in total. The molecule has 0 atom stereocenters. The van der Waals surface area contributed by atoms with E-state index in [9.17, 15) is 0 Å². The minimum absolute atomic E-state index is 0. The Morgan fingerprint density at radius 3 is 1.25 bits per heavy atom. The zero-order chi connectivity index (χ0) is 2.71. The van der Waals surface area contributed by atoms with Gasteiger partial charge in [0, 0.05) is 0 Å². The zero-order valence-corrected chi connectivity index (χ0v) is 2.88. The Labute approximate surface area is 51.3 Å². The summed E-state index contributed by atoms with van der Waals surface area (Å²) in [6.45, 7) is 0. The summed E-state index contributed by atoms with van der Waals surface area (Å²) < 4.78 is 17.0. The van der Waals surface area contributed by atoms with Gasteiger partial charge < -0.3 is 0 Å². The second kappa shape index (κ2) is 8.89. The molecular weight excluding hydrogens is 195 g/mol. The van der Waals surface area contributed by atoms with Crippen LogP contribution in [0.25, 0.3) is 0 Å². The van der Waals surface area contributed by atoms with Crippen molar-refractivity contribution in [3.63, 3.8) is 0 Å². The van der Waals surface area contributed by atoms with Gasteiger partial charge in [0.1, 0.15) is 0 Å². The van der Waals surface area contributed by atoms with Crippen LogP contribution in [-0.2, 0) is 25.7 Å². The van der Waals surface area contributed by atoms with Gasteiger partial charge in [0.25, 0.3) is 0 Å². The number of rotatable bonds is 0. The van der Waals surface area contributed by atoms with E-state index in [0.717, 1.165) is 0 Å². The first-order valence-electron chi connectivity index (χ1n) is 0.408. The fraction of sp³-hybridized carbons (Fsp3) is 0. The van der Waals surface area contributed by atoms with Crippen LogP contribution in [0.15, 0.2) is 0 Å². The molecule has 0 saturated carbocycles. The third-order valence-electron chi connectivity index (χ3n) is 0. The molecule has 0 aromatic rings. The van der Waals surface area contributed by atoms with Crippen LogP contribution in [0.3, 0.4) is 0 Å². The van der Waals surface area contributed by atoms with Crippen LogP contribution in [-0.4, -0.2) is 25.8 Å². The van der Waals surface area contributed by atoms with Gasteiger partial charge in [-0.25, -0.2) is 0 Å². The molecule has 0 spiro atoms. The van der Waals surface area contributed by atoms with Crippen LogP contribution in [0, 0.1) is 0 Å². The first-order valence-corrected chi connectivity index (χ1v) is 1.68. The summed E-state index contributed by atoms with van der Waals surface area (Å²) in [5, 5.41) is 0.